The van der Waals surface area contributed by atoms with Crippen LogP contribution in [-0.2, 0) is 16.2 Å². The fourth-order valence-electron chi connectivity index (χ4n) is 1.51. The minimum absolute atomic E-state index is 0.0714. The minimum atomic E-state index is -4.57. The van der Waals surface area contributed by atoms with Gasteiger partial charge in [-0.15, -0.1) is 0 Å². The first-order valence-electron chi connectivity index (χ1n) is 5.33. The molecule has 0 bridgehead atoms. The first-order valence-corrected chi connectivity index (χ1v) is 7.04. The van der Waals surface area contributed by atoms with Crippen molar-refractivity contribution in [2.75, 3.05) is 17.6 Å². The van der Waals surface area contributed by atoms with Gasteiger partial charge in [-0.3, -0.25) is 0 Å². The molecule has 3 N–H and O–H groups in total. The minimum Gasteiger partial charge on any atom is -0.367 e. The Kier molecular flexibility index (Phi) is 3.56. The van der Waals surface area contributed by atoms with Crippen LogP contribution >= 0.6 is 0 Å². The van der Waals surface area contributed by atoms with Crippen LogP contribution in [0.25, 0.3) is 5.52 Å². The van der Waals surface area contributed by atoms with Crippen LogP contribution in [0.15, 0.2) is 18.5 Å². The van der Waals surface area contributed by atoms with Crippen LogP contribution in [0.3, 0.4) is 0 Å². The number of fused-ring (bicyclic) bond motifs is 1. The van der Waals surface area contributed by atoms with Crippen LogP contribution in [0, 0.1) is 0 Å². The Balaban J connectivity index is 2.28. The van der Waals surface area contributed by atoms with Crippen LogP contribution in [0.5, 0.6) is 0 Å². The van der Waals surface area contributed by atoms with E-state index in [0.29, 0.717) is 0 Å². The van der Waals surface area contributed by atoms with Crippen molar-refractivity contribution in [3.8, 4) is 0 Å². The average molecular weight is 309 g/mol. The Hall–Kier alpha value is -1.88. The lowest BCUT2D eigenvalue weighted by molar-refractivity contribution is -0.141. The van der Waals surface area contributed by atoms with Crippen molar-refractivity contribution >= 4 is 21.4 Å². The third-order valence-corrected chi connectivity index (χ3v) is 3.13. The molecule has 110 valence electrons. The second-order valence-electron chi connectivity index (χ2n) is 3.93. The zero-order valence-electron chi connectivity index (χ0n) is 9.92. The predicted molar refractivity (Wildman–Crippen MR) is 64.5 cm³/mol. The average Bonchev–Trinajstić information content (AvgIpc) is 2.71. The second-order valence-corrected chi connectivity index (χ2v) is 5.66. The number of halogens is 3. The lowest BCUT2D eigenvalue weighted by Gasteiger charge is -2.05. The van der Waals surface area contributed by atoms with Crippen molar-refractivity contribution in [3.05, 3.63) is 24.2 Å². The summed E-state index contributed by atoms with van der Waals surface area (Å²) in [6.07, 6.45) is -2.06. The molecular formula is C9H10F3N5O2S. The van der Waals surface area contributed by atoms with Gasteiger partial charge in [-0.05, 0) is 0 Å². The van der Waals surface area contributed by atoms with E-state index in [0.717, 1.165) is 10.6 Å². The van der Waals surface area contributed by atoms with Gasteiger partial charge in [0.2, 0.25) is 10.0 Å². The van der Waals surface area contributed by atoms with Crippen molar-refractivity contribution < 1.29 is 21.6 Å². The highest BCUT2D eigenvalue weighted by Crippen LogP contribution is 2.29. The molecule has 2 aromatic heterocycles. The summed E-state index contributed by atoms with van der Waals surface area (Å²) in [6, 6.07) is 0.826. The lowest BCUT2D eigenvalue weighted by atomic mass is 10.3. The summed E-state index contributed by atoms with van der Waals surface area (Å²) in [7, 11) is -3.66. The standard InChI is InChI=1S/C9H10F3N5O2S/c10-9(11,12)7-5-6-8(14-1-3-17(6)16-7)15-2-4-20(13,18)19/h1,3,5H,2,4H2,(H,14,15)(H2,13,18,19). The summed E-state index contributed by atoms with van der Waals surface area (Å²) in [5.74, 6) is -0.269. The van der Waals surface area contributed by atoms with Gasteiger partial charge in [0.1, 0.15) is 5.52 Å². The van der Waals surface area contributed by atoms with Gasteiger partial charge in [-0.25, -0.2) is 23.1 Å². The predicted octanol–water partition coefficient (Wildman–Crippen LogP) is 0.448. The zero-order chi connectivity index (χ0) is 15.0. The normalized spacial score (nSPS) is 12.8. The molecule has 0 atom stereocenters. The molecule has 0 aliphatic rings. The van der Waals surface area contributed by atoms with E-state index in [9.17, 15) is 21.6 Å². The van der Waals surface area contributed by atoms with Crippen LogP contribution < -0.4 is 10.5 Å². The molecule has 0 aliphatic heterocycles. The van der Waals surface area contributed by atoms with Gasteiger partial charge in [0.25, 0.3) is 0 Å². The molecule has 2 rings (SSSR count). The monoisotopic (exact) mass is 309 g/mol. The molecule has 0 fully saturated rings. The van der Waals surface area contributed by atoms with Gasteiger partial charge >= 0.3 is 6.18 Å². The summed E-state index contributed by atoms with van der Waals surface area (Å²) < 4.78 is 60.2. The van der Waals surface area contributed by atoms with Crippen LogP contribution in [0.4, 0.5) is 19.0 Å². The summed E-state index contributed by atoms with van der Waals surface area (Å²) in [5.41, 5.74) is -0.964. The number of nitrogens with two attached hydrogens (primary N) is 1. The number of hydrogen-bond donors (Lipinski definition) is 2. The topological polar surface area (TPSA) is 102 Å². The van der Waals surface area contributed by atoms with E-state index in [1.807, 2.05) is 0 Å². The van der Waals surface area contributed by atoms with E-state index in [1.165, 1.54) is 12.4 Å². The Labute approximate surface area is 111 Å². The largest absolute Gasteiger partial charge is 0.435 e. The third kappa shape index (κ3) is 3.36. The molecule has 7 nitrogen and oxygen atoms in total. The smallest absolute Gasteiger partial charge is 0.367 e. The highest BCUT2D eigenvalue weighted by atomic mass is 32.2. The molecule has 0 aliphatic carbocycles. The van der Waals surface area contributed by atoms with Crippen molar-refractivity contribution in [2.45, 2.75) is 6.18 Å². The summed E-state index contributed by atoms with van der Waals surface area (Å²) in [4.78, 5) is 3.85. The van der Waals surface area contributed by atoms with Gasteiger partial charge in [-0.2, -0.15) is 18.3 Å². The summed E-state index contributed by atoms with van der Waals surface area (Å²) in [5, 5.41) is 10.8. The number of primary sulfonamides is 1. The van der Waals surface area contributed by atoms with Crippen LogP contribution in [0.2, 0.25) is 0 Å². The number of hydrogen-bond acceptors (Lipinski definition) is 5. The van der Waals surface area contributed by atoms with Gasteiger partial charge in [-0.1, -0.05) is 0 Å². The van der Waals surface area contributed by atoms with Crippen molar-refractivity contribution in [1.82, 2.24) is 14.6 Å². The van der Waals surface area contributed by atoms with E-state index >= 15 is 0 Å². The Morgan fingerprint density at radius 2 is 2.10 bits per heavy atom. The maximum absolute atomic E-state index is 12.6. The van der Waals surface area contributed by atoms with Crippen molar-refractivity contribution in [3.63, 3.8) is 0 Å². The molecule has 0 spiro atoms. The van der Waals surface area contributed by atoms with Gasteiger partial charge in [0, 0.05) is 25.0 Å². The van der Waals surface area contributed by atoms with Crippen LogP contribution in [-0.4, -0.2) is 35.3 Å². The SMILES string of the molecule is NS(=O)(=O)CCNc1nccn2nc(C(F)(F)F)cc12. The lowest BCUT2D eigenvalue weighted by Crippen LogP contribution is -2.22. The van der Waals surface area contributed by atoms with Gasteiger partial charge in [0.15, 0.2) is 11.5 Å². The maximum atomic E-state index is 12.6. The van der Waals surface area contributed by atoms with Gasteiger partial charge in [0.05, 0.1) is 5.75 Å². The fraction of sp³-hybridized carbons (Fsp3) is 0.333. The molecule has 2 heterocycles. The first-order chi connectivity index (χ1) is 9.17. The Bertz CT molecular complexity index is 725. The molecule has 2 aromatic rings. The summed E-state index contributed by atoms with van der Waals surface area (Å²) >= 11 is 0. The molecule has 0 saturated carbocycles. The first kappa shape index (κ1) is 14.5. The molecule has 0 radical (unpaired) electrons. The van der Waals surface area contributed by atoms with E-state index < -0.39 is 21.9 Å². The number of nitrogens with zero attached hydrogens (tertiary/aromatic N) is 3. The van der Waals surface area contributed by atoms with E-state index in [-0.39, 0.29) is 23.6 Å². The van der Waals surface area contributed by atoms with E-state index in [2.05, 4.69) is 15.4 Å². The van der Waals surface area contributed by atoms with Gasteiger partial charge < -0.3 is 5.32 Å². The molecule has 0 saturated heterocycles. The van der Waals surface area contributed by atoms with E-state index in [1.54, 1.807) is 0 Å². The van der Waals surface area contributed by atoms with Crippen molar-refractivity contribution in [1.29, 1.82) is 0 Å². The Morgan fingerprint density at radius 1 is 1.40 bits per heavy atom. The number of sulfonamides is 1. The fourth-order valence-corrected chi connectivity index (χ4v) is 1.90. The number of aromatic nitrogens is 3. The highest BCUT2D eigenvalue weighted by Gasteiger charge is 2.34. The molecular weight excluding hydrogens is 299 g/mol. The highest BCUT2D eigenvalue weighted by molar-refractivity contribution is 7.89. The molecule has 20 heavy (non-hydrogen) atoms. The summed E-state index contributed by atoms with van der Waals surface area (Å²) in [6.45, 7) is -0.0714. The maximum Gasteiger partial charge on any atom is 0.435 e. The van der Waals surface area contributed by atoms with Crippen LogP contribution in [0.1, 0.15) is 5.69 Å². The quantitative estimate of drug-likeness (QED) is 0.853. The second kappa shape index (κ2) is 4.90. The molecule has 0 aromatic carbocycles. The molecule has 11 heteroatoms. The number of rotatable bonds is 4. The zero-order valence-corrected chi connectivity index (χ0v) is 10.7. The third-order valence-electron chi connectivity index (χ3n) is 2.36. The number of nitrogens with one attached hydrogen (secondary N) is 1. The van der Waals surface area contributed by atoms with Crippen molar-refractivity contribution in [2.24, 2.45) is 5.14 Å². The molecule has 0 amide bonds. The van der Waals surface area contributed by atoms with E-state index in [4.69, 9.17) is 5.14 Å². The molecule has 0 unspecified atom stereocenters. The number of alkyl halides is 3. The Morgan fingerprint density at radius 3 is 2.70 bits per heavy atom. The number of anilines is 1.